The Morgan fingerprint density at radius 1 is 1.21 bits per heavy atom. The molecule has 2 aliphatic rings. The third-order valence-electron chi connectivity index (χ3n) is 4.87. The van der Waals surface area contributed by atoms with Gasteiger partial charge in [0.25, 0.3) is 0 Å². The van der Waals surface area contributed by atoms with E-state index in [1.807, 2.05) is 36.2 Å². The van der Waals surface area contributed by atoms with Gasteiger partial charge in [-0.15, -0.1) is 0 Å². The molecule has 1 aromatic carbocycles. The average molecular weight is 326 g/mol. The third-order valence-corrected chi connectivity index (χ3v) is 4.87. The standard InChI is InChI=1S/C17H22N6O/c1-21-12-18-16(20-21)13-4-6-14(7-5-13)19-17(24)23-10-9-22-8-2-3-15(22)11-23/h4-7,12,15H,2-3,8-11H2,1H3,(H,19,24). The number of piperazine rings is 1. The third kappa shape index (κ3) is 2.99. The second kappa shape index (κ2) is 6.24. The lowest BCUT2D eigenvalue weighted by Crippen LogP contribution is -2.53. The van der Waals surface area contributed by atoms with E-state index in [9.17, 15) is 4.79 Å². The van der Waals surface area contributed by atoms with E-state index in [4.69, 9.17) is 0 Å². The zero-order valence-corrected chi connectivity index (χ0v) is 13.9. The zero-order valence-electron chi connectivity index (χ0n) is 13.9. The van der Waals surface area contributed by atoms with Gasteiger partial charge in [0.1, 0.15) is 6.33 Å². The predicted molar refractivity (Wildman–Crippen MR) is 91.6 cm³/mol. The summed E-state index contributed by atoms with van der Waals surface area (Å²) in [7, 11) is 1.84. The number of urea groups is 1. The van der Waals surface area contributed by atoms with Gasteiger partial charge in [-0.1, -0.05) is 0 Å². The van der Waals surface area contributed by atoms with E-state index in [2.05, 4.69) is 20.3 Å². The molecule has 2 saturated heterocycles. The Morgan fingerprint density at radius 2 is 2.04 bits per heavy atom. The summed E-state index contributed by atoms with van der Waals surface area (Å²) in [6, 6.07) is 8.19. The molecule has 7 heteroatoms. The van der Waals surface area contributed by atoms with Crippen molar-refractivity contribution in [1.82, 2.24) is 24.6 Å². The van der Waals surface area contributed by atoms with Crippen molar-refractivity contribution in [2.24, 2.45) is 7.05 Å². The van der Waals surface area contributed by atoms with Crippen molar-refractivity contribution in [3.05, 3.63) is 30.6 Å². The zero-order chi connectivity index (χ0) is 16.5. The number of amides is 2. The van der Waals surface area contributed by atoms with Gasteiger partial charge in [0.05, 0.1) is 0 Å². The van der Waals surface area contributed by atoms with E-state index in [1.54, 1.807) is 11.0 Å². The van der Waals surface area contributed by atoms with Gasteiger partial charge in [0, 0.05) is 44.0 Å². The van der Waals surface area contributed by atoms with E-state index < -0.39 is 0 Å². The summed E-state index contributed by atoms with van der Waals surface area (Å²) in [6.07, 6.45) is 4.13. The van der Waals surface area contributed by atoms with E-state index in [0.717, 1.165) is 30.9 Å². The molecule has 1 atom stereocenters. The maximum absolute atomic E-state index is 12.5. The minimum absolute atomic E-state index is 0.00902. The van der Waals surface area contributed by atoms with E-state index in [1.165, 1.54) is 19.4 Å². The highest BCUT2D eigenvalue weighted by Crippen LogP contribution is 2.22. The molecule has 0 saturated carbocycles. The number of anilines is 1. The van der Waals surface area contributed by atoms with Gasteiger partial charge in [0.2, 0.25) is 0 Å². The van der Waals surface area contributed by atoms with Crippen LogP contribution in [0.2, 0.25) is 0 Å². The molecule has 24 heavy (non-hydrogen) atoms. The molecule has 2 aromatic rings. The number of hydrogen-bond acceptors (Lipinski definition) is 4. The molecule has 2 amide bonds. The van der Waals surface area contributed by atoms with Gasteiger partial charge >= 0.3 is 6.03 Å². The summed E-state index contributed by atoms with van der Waals surface area (Å²) in [5, 5.41) is 7.28. The Hall–Kier alpha value is -2.41. The van der Waals surface area contributed by atoms with Gasteiger partial charge in [0.15, 0.2) is 5.82 Å². The van der Waals surface area contributed by atoms with Crippen LogP contribution in [0.25, 0.3) is 11.4 Å². The van der Waals surface area contributed by atoms with Crippen molar-refractivity contribution in [3.8, 4) is 11.4 Å². The lowest BCUT2D eigenvalue weighted by atomic mass is 10.1. The number of carbonyl (C=O) groups is 1. The average Bonchev–Trinajstić information content (AvgIpc) is 3.23. The van der Waals surface area contributed by atoms with E-state index >= 15 is 0 Å². The van der Waals surface area contributed by atoms with Crippen LogP contribution in [0.4, 0.5) is 10.5 Å². The molecule has 1 unspecified atom stereocenters. The van der Waals surface area contributed by atoms with Crippen LogP contribution in [-0.4, -0.2) is 62.8 Å². The largest absolute Gasteiger partial charge is 0.322 e. The van der Waals surface area contributed by atoms with Gasteiger partial charge in [-0.05, 0) is 43.7 Å². The number of benzene rings is 1. The fraction of sp³-hybridized carbons (Fsp3) is 0.471. The summed E-state index contributed by atoms with van der Waals surface area (Å²) in [6.45, 7) is 3.81. The minimum Gasteiger partial charge on any atom is -0.322 e. The van der Waals surface area contributed by atoms with Crippen LogP contribution in [-0.2, 0) is 7.05 Å². The first kappa shape index (κ1) is 15.1. The van der Waals surface area contributed by atoms with Crippen LogP contribution >= 0.6 is 0 Å². The lowest BCUT2D eigenvalue weighted by Gasteiger charge is -2.37. The molecule has 1 N–H and O–H groups in total. The smallest absolute Gasteiger partial charge is 0.321 e. The topological polar surface area (TPSA) is 66.3 Å². The van der Waals surface area contributed by atoms with Crippen LogP contribution in [0.5, 0.6) is 0 Å². The number of aromatic nitrogens is 3. The number of hydrogen-bond donors (Lipinski definition) is 1. The predicted octanol–water partition coefficient (Wildman–Crippen LogP) is 1.79. The quantitative estimate of drug-likeness (QED) is 0.914. The fourth-order valence-corrected chi connectivity index (χ4v) is 3.55. The molecule has 126 valence electrons. The molecule has 0 aliphatic carbocycles. The van der Waals surface area contributed by atoms with Crippen molar-refractivity contribution in [3.63, 3.8) is 0 Å². The maximum Gasteiger partial charge on any atom is 0.321 e. The normalized spacial score (nSPS) is 20.9. The SMILES string of the molecule is Cn1cnc(-c2ccc(NC(=O)N3CCN4CCCC4C3)cc2)n1. The molecule has 0 radical (unpaired) electrons. The number of carbonyl (C=O) groups excluding carboxylic acids is 1. The van der Waals surface area contributed by atoms with Gasteiger partial charge in [-0.25, -0.2) is 9.78 Å². The van der Waals surface area contributed by atoms with Crippen molar-refractivity contribution in [1.29, 1.82) is 0 Å². The summed E-state index contributed by atoms with van der Waals surface area (Å²) in [5.74, 6) is 0.688. The molecule has 4 rings (SSSR count). The van der Waals surface area contributed by atoms with Crippen LogP contribution in [0, 0.1) is 0 Å². The molecule has 7 nitrogen and oxygen atoms in total. The number of nitrogens with zero attached hydrogens (tertiary/aromatic N) is 5. The lowest BCUT2D eigenvalue weighted by molar-refractivity contribution is 0.124. The van der Waals surface area contributed by atoms with Crippen molar-refractivity contribution in [2.75, 3.05) is 31.5 Å². The van der Waals surface area contributed by atoms with E-state index in [-0.39, 0.29) is 6.03 Å². The molecular weight excluding hydrogens is 304 g/mol. The first-order valence-corrected chi connectivity index (χ1v) is 8.45. The summed E-state index contributed by atoms with van der Waals surface area (Å²) < 4.78 is 1.67. The van der Waals surface area contributed by atoms with Crippen molar-refractivity contribution < 1.29 is 4.79 Å². The Kier molecular flexibility index (Phi) is 3.93. The van der Waals surface area contributed by atoms with Crippen LogP contribution in [0.1, 0.15) is 12.8 Å². The van der Waals surface area contributed by atoms with Gasteiger partial charge < -0.3 is 10.2 Å². The van der Waals surface area contributed by atoms with Gasteiger partial charge in [-0.3, -0.25) is 9.58 Å². The molecule has 0 bridgehead atoms. The first-order valence-electron chi connectivity index (χ1n) is 8.45. The Balaban J connectivity index is 1.39. The second-order valence-electron chi connectivity index (χ2n) is 6.53. The summed E-state index contributed by atoms with van der Waals surface area (Å²) in [4.78, 5) is 21.1. The molecule has 0 spiro atoms. The van der Waals surface area contributed by atoms with Crippen LogP contribution in [0.3, 0.4) is 0 Å². The highest BCUT2D eigenvalue weighted by atomic mass is 16.2. The maximum atomic E-state index is 12.5. The fourth-order valence-electron chi connectivity index (χ4n) is 3.55. The second-order valence-corrected chi connectivity index (χ2v) is 6.53. The Bertz CT molecular complexity index is 725. The molecular formula is C17H22N6O. The first-order chi connectivity index (χ1) is 11.7. The van der Waals surface area contributed by atoms with E-state index in [0.29, 0.717) is 11.9 Å². The Labute approximate surface area is 141 Å². The molecule has 3 heterocycles. The summed E-state index contributed by atoms with van der Waals surface area (Å²) >= 11 is 0. The van der Waals surface area contributed by atoms with Crippen molar-refractivity contribution >= 4 is 11.7 Å². The highest BCUT2D eigenvalue weighted by molar-refractivity contribution is 5.89. The number of rotatable bonds is 2. The molecule has 2 fully saturated rings. The molecule has 2 aliphatic heterocycles. The van der Waals surface area contributed by atoms with Gasteiger partial charge in [-0.2, -0.15) is 5.10 Å². The van der Waals surface area contributed by atoms with Crippen molar-refractivity contribution in [2.45, 2.75) is 18.9 Å². The van der Waals surface area contributed by atoms with Crippen LogP contribution < -0.4 is 5.32 Å². The van der Waals surface area contributed by atoms with Crippen LogP contribution in [0.15, 0.2) is 30.6 Å². The highest BCUT2D eigenvalue weighted by Gasteiger charge is 2.32. The molecule has 1 aromatic heterocycles. The Morgan fingerprint density at radius 3 is 2.79 bits per heavy atom. The summed E-state index contributed by atoms with van der Waals surface area (Å²) in [5.41, 5.74) is 1.74. The minimum atomic E-state index is -0.00902. The number of aryl methyl sites for hydroxylation is 1. The number of fused-ring (bicyclic) bond motifs is 1. The number of nitrogens with one attached hydrogen (secondary N) is 1. The monoisotopic (exact) mass is 326 g/mol.